The Morgan fingerprint density at radius 3 is 2.91 bits per heavy atom. The number of nitrogens with zero attached hydrogens (tertiary/aromatic N) is 1. The van der Waals surface area contributed by atoms with E-state index in [1.807, 2.05) is 24.5 Å². The number of amides is 1. The van der Waals surface area contributed by atoms with Crippen molar-refractivity contribution in [3.8, 4) is 6.07 Å². The average Bonchev–Trinajstić information content (AvgIpc) is 2.74. The molecule has 0 spiro atoms. The SMILES string of the molecule is CSc1cccc(C(=O)Nc2sc3c(c2C#N)CCCCC3)c1. The molecule has 1 aromatic heterocycles. The molecule has 0 fully saturated rings. The van der Waals surface area contributed by atoms with Crippen molar-refractivity contribution in [2.45, 2.75) is 37.0 Å². The van der Waals surface area contributed by atoms with Crippen molar-refractivity contribution in [3.05, 3.63) is 45.8 Å². The van der Waals surface area contributed by atoms with Crippen LogP contribution >= 0.6 is 23.1 Å². The molecule has 1 aromatic carbocycles. The monoisotopic (exact) mass is 342 g/mol. The first-order chi connectivity index (χ1) is 11.2. The molecule has 3 rings (SSSR count). The van der Waals surface area contributed by atoms with Crippen LogP contribution in [0.1, 0.15) is 45.6 Å². The molecule has 118 valence electrons. The number of carbonyl (C=O) groups is 1. The van der Waals surface area contributed by atoms with Gasteiger partial charge >= 0.3 is 0 Å². The molecule has 0 saturated heterocycles. The van der Waals surface area contributed by atoms with Crippen LogP contribution in [0, 0.1) is 11.3 Å². The molecule has 0 bridgehead atoms. The van der Waals surface area contributed by atoms with Gasteiger partial charge in [-0.1, -0.05) is 12.5 Å². The fourth-order valence-electron chi connectivity index (χ4n) is 2.89. The molecule has 3 nitrogen and oxygen atoms in total. The second kappa shape index (κ2) is 7.20. The van der Waals surface area contributed by atoms with Gasteiger partial charge in [0.15, 0.2) is 0 Å². The predicted octanol–water partition coefficient (Wildman–Crippen LogP) is 4.86. The average molecular weight is 342 g/mol. The third-order valence-electron chi connectivity index (χ3n) is 4.09. The molecule has 1 amide bonds. The van der Waals surface area contributed by atoms with E-state index in [9.17, 15) is 10.1 Å². The van der Waals surface area contributed by atoms with Crippen LogP contribution in [-0.4, -0.2) is 12.2 Å². The maximum Gasteiger partial charge on any atom is 0.256 e. The number of aryl methyl sites for hydroxylation is 1. The zero-order valence-corrected chi connectivity index (χ0v) is 14.6. The Balaban J connectivity index is 1.88. The number of carbonyl (C=O) groups excluding carboxylic acids is 1. The molecule has 1 N–H and O–H groups in total. The van der Waals surface area contributed by atoms with E-state index in [0.29, 0.717) is 16.1 Å². The Morgan fingerprint density at radius 1 is 1.30 bits per heavy atom. The van der Waals surface area contributed by atoms with Crippen LogP contribution in [0.15, 0.2) is 29.2 Å². The Labute approximate surface area is 144 Å². The van der Waals surface area contributed by atoms with Gasteiger partial charge in [0.05, 0.1) is 5.56 Å². The molecule has 0 radical (unpaired) electrons. The van der Waals surface area contributed by atoms with Gasteiger partial charge in [0.1, 0.15) is 11.1 Å². The van der Waals surface area contributed by atoms with Crippen molar-refractivity contribution in [2.24, 2.45) is 0 Å². The lowest BCUT2D eigenvalue weighted by Crippen LogP contribution is -2.11. The zero-order valence-electron chi connectivity index (χ0n) is 13.0. The number of nitriles is 1. The summed E-state index contributed by atoms with van der Waals surface area (Å²) in [5.74, 6) is -0.145. The van der Waals surface area contributed by atoms with Crippen LogP contribution in [0.2, 0.25) is 0 Å². The number of fused-ring (bicyclic) bond motifs is 1. The maximum absolute atomic E-state index is 12.5. The summed E-state index contributed by atoms with van der Waals surface area (Å²) >= 11 is 3.18. The smallest absolute Gasteiger partial charge is 0.256 e. The van der Waals surface area contributed by atoms with Crippen molar-refractivity contribution < 1.29 is 4.79 Å². The van der Waals surface area contributed by atoms with Crippen LogP contribution < -0.4 is 5.32 Å². The number of anilines is 1. The number of thioether (sulfide) groups is 1. The quantitative estimate of drug-likeness (QED) is 0.640. The summed E-state index contributed by atoms with van der Waals surface area (Å²) in [5.41, 5.74) is 2.45. The normalized spacial score (nSPS) is 13.7. The van der Waals surface area contributed by atoms with Crippen molar-refractivity contribution in [2.75, 3.05) is 11.6 Å². The Bertz CT molecular complexity index is 774. The number of thiophene rings is 1. The molecule has 0 unspecified atom stereocenters. The van der Waals surface area contributed by atoms with Crippen LogP contribution in [0.3, 0.4) is 0 Å². The van der Waals surface area contributed by atoms with Gasteiger partial charge in [-0.05, 0) is 55.7 Å². The molecule has 0 atom stereocenters. The maximum atomic E-state index is 12.5. The Hall–Kier alpha value is -1.77. The summed E-state index contributed by atoms with van der Waals surface area (Å²) in [6, 6.07) is 9.85. The summed E-state index contributed by atoms with van der Waals surface area (Å²) in [5, 5.41) is 13.2. The van der Waals surface area contributed by atoms with Crippen molar-refractivity contribution in [1.82, 2.24) is 0 Å². The lowest BCUT2D eigenvalue weighted by molar-refractivity contribution is 0.102. The fraction of sp³-hybridized carbons (Fsp3) is 0.333. The van der Waals surface area contributed by atoms with Crippen LogP contribution in [-0.2, 0) is 12.8 Å². The van der Waals surface area contributed by atoms with Gasteiger partial charge in [0.2, 0.25) is 0 Å². The topological polar surface area (TPSA) is 52.9 Å². The standard InChI is InChI=1S/C18H18N2OS2/c1-22-13-7-5-6-12(10-13)17(21)20-18-15(11-19)14-8-3-2-4-9-16(14)23-18/h5-7,10H,2-4,8-9H2,1H3,(H,20,21). The van der Waals surface area contributed by atoms with E-state index in [2.05, 4.69) is 11.4 Å². The van der Waals surface area contributed by atoms with Gasteiger partial charge in [0, 0.05) is 15.3 Å². The minimum atomic E-state index is -0.145. The molecule has 1 aliphatic rings. The lowest BCUT2D eigenvalue weighted by atomic mass is 10.1. The molecule has 23 heavy (non-hydrogen) atoms. The van der Waals surface area contributed by atoms with Crippen LogP contribution in [0.5, 0.6) is 0 Å². The van der Waals surface area contributed by atoms with E-state index in [1.165, 1.54) is 17.7 Å². The van der Waals surface area contributed by atoms with E-state index in [4.69, 9.17) is 0 Å². The van der Waals surface area contributed by atoms with Crippen molar-refractivity contribution in [3.63, 3.8) is 0 Å². The number of benzene rings is 1. The van der Waals surface area contributed by atoms with Gasteiger partial charge in [-0.25, -0.2) is 0 Å². The molecular weight excluding hydrogens is 324 g/mol. The second-order valence-corrected chi connectivity index (χ2v) is 7.55. The van der Waals surface area contributed by atoms with E-state index in [0.717, 1.165) is 29.7 Å². The first-order valence-corrected chi connectivity index (χ1v) is 9.77. The van der Waals surface area contributed by atoms with Gasteiger partial charge in [-0.3, -0.25) is 4.79 Å². The third kappa shape index (κ3) is 3.44. The zero-order chi connectivity index (χ0) is 16.2. The summed E-state index contributed by atoms with van der Waals surface area (Å²) in [6.07, 6.45) is 7.47. The Morgan fingerprint density at radius 2 is 2.13 bits per heavy atom. The van der Waals surface area contributed by atoms with Crippen molar-refractivity contribution >= 4 is 34.0 Å². The number of hydrogen-bond donors (Lipinski definition) is 1. The molecular formula is C18H18N2OS2. The molecule has 0 saturated carbocycles. The van der Waals surface area contributed by atoms with Gasteiger partial charge in [-0.2, -0.15) is 5.26 Å². The van der Waals surface area contributed by atoms with Crippen molar-refractivity contribution in [1.29, 1.82) is 5.26 Å². The van der Waals surface area contributed by atoms with Gasteiger partial charge < -0.3 is 5.32 Å². The molecule has 1 aliphatic carbocycles. The van der Waals surface area contributed by atoms with Crippen LogP contribution in [0.4, 0.5) is 5.00 Å². The minimum absolute atomic E-state index is 0.145. The first kappa shape index (κ1) is 16.1. The van der Waals surface area contributed by atoms with E-state index in [1.54, 1.807) is 29.2 Å². The first-order valence-electron chi connectivity index (χ1n) is 7.73. The predicted molar refractivity (Wildman–Crippen MR) is 96.5 cm³/mol. The van der Waals surface area contributed by atoms with E-state index in [-0.39, 0.29) is 5.91 Å². The van der Waals surface area contributed by atoms with Gasteiger partial charge in [0.25, 0.3) is 5.91 Å². The number of hydrogen-bond acceptors (Lipinski definition) is 4. The molecule has 5 heteroatoms. The highest BCUT2D eigenvalue weighted by Crippen LogP contribution is 2.37. The summed E-state index contributed by atoms with van der Waals surface area (Å²) in [7, 11) is 0. The molecule has 0 aliphatic heterocycles. The summed E-state index contributed by atoms with van der Waals surface area (Å²) in [4.78, 5) is 14.8. The summed E-state index contributed by atoms with van der Waals surface area (Å²) in [6.45, 7) is 0. The minimum Gasteiger partial charge on any atom is -0.312 e. The highest BCUT2D eigenvalue weighted by molar-refractivity contribution is 7.98. The van der Waals surface area contributed by atoms with E-state index < -0.39 is 0 Å². The number of nitrogens with one attached hydrogen (secondary N) is 1. The largest absolute Gasteiger partial charge is 0.312 e. The van der Waals surface area contributed by atoms with Crippen LogP contribution in [0.25, 0.3) is 0 Å². The molecule has 1 heterocycles. The molecule has 2 aromatic rings. The highest BCUT2D eigenvalue weighted by atomic mass is 32.2. The van der Waals surface area contributed by atoms with Gasteiger partial charge in [-0.15, -0.1) is 23.1 Å². The second-order valence-electron chi connectivity index (χ2n) is 5.57. The van der Waals surface area contributed by atoms with E-state index >= 15 is 0 Å². The Kier molecular flexibility index (Phi) is 5.04. The third-order valence-corrected chi connectivity index (χ3v) is 6.02. The summed E-state index contributed by atoms with van der Waals surface area (Å²) < 4.78 is 0. The number of rotatable bonds is 3. The highest BCUT2D eigenvalue weighted by Gasteiger charge is 2.21. The lowest BCUT2D eigenvalue weighted by Gasteiger charge is -2.05. The fourth-order valence-corrected chi connectivity index (χ4v) is 4.58.